The highest BCUT2D eigenvalue weighted by Crippen LogP contribution is 2.31. The van der Waals surface area contributed by atoms with E-state index in [-0.39, 0.29) is 5.82 Å². The van der Waals surface area contributed by atoms with Crippen LogP contribution in [0.15, 0.2) is 145 Å². The molecule has 0 radical (unpaired) electrons. The van der Waals surface area contributed by atoms with Gasteiger partial charge < -0.3 is 65.6 Å². The number of fused-ring (bicyclic) bond motifs is 6. The first-order chi connectivity index (χ1) is 49.4. The molecule has 3 saturated heterocycles. The van der Waals surface area contributed by atoms with E-state index in [1.807, 2.05) is 80.7 Å². The van der Waals surface area contributed by atoms with Crippen LogP contribution in [0.1, 0.15) is 28.6 Å². The van der Waals surface area contributed by atoms with Gasteiger partial charge in [0.25, 0.3) is 0 Å². The van der Waals surface area contributed by atoms with Gasteiger partial charge in [-0.2, -0.15) is 29.9 Å². The molecule has 0 bridgehead atoms. The molecule has 18 rings (SSSR count). The Labute approximate surface area is 586 Å². The van der Waals surface area contributed by atoms with E-state index in [0.29, 0.717) is 93.0 Å². The molecule has 0 spiro atoms. The Balaban J connectivity index is 0.000000118. The number of hydrogen-bond donors (Lipinski definition) is 8. The van der Waals surface area contributed by atoms with E-state index >= 15 is 0 Å². The Hall–Kier alpha value is -11.4. The van der Waals surface area contributed by atoms with Crippen molar-refractivity contribution in [1.82, 2.24) is 104 Å². The number of anilines is 6. The van der Waals surface area contributed by atoms with Crippen molar-refractivity contribution < 1.29 is 8.81 Å². The topological polar surface area (TPSA) is 303 Å². The third-order valence-corrected chi connectivity index (χ3v) is 18.3. The summed E-state index contributed by atoms with van der Waals surface area (Å²) in [7, 11) is 2.13. The molecule has 3 aliphatic rings. The maximum atomic E-state index is 13.6. The number of nitrogens with zero attached hydrogens (tertiary/aromatic N) is 19. The number of aromatic nitrogens is 18. The predicted molar refractivity (Wildman–Crippen MR) is 392 cm³/mol. The molecule has 3 fully saturated rings. The average molecular weight is 1400 g/mol. The second-order valence-corrected chi connectivity index (χ2v) is 25.9. The summed E-state index contributed by atoms with van der Waals surface area (Å²) in [6.45, 7) is 16.1. The maximum Gasteiger partial charge on any atom is 0.229 e. The molecule has 512 valence electrons. The summed E-state index contributed by atoms with van der Waals surface area (Å²) in [6, 6.07) is 34.2. The Morgan fingerprint density at radius 1 is 0.446 bits per heavy atom. The molecule has 0 unspecified atom stereocenters. The number of imidazole rings is 6. The molecule has 13 heterocycles. The van der Waals surface area contributed by atoms with Gasteiger partial charge >= 0.3 is 0 Å². The van der Waals surface area contributed by atoms with E-state index < -0.39 is 0 Å². The standard InChI is InChI=1S/C25H26FN9.C24H24ClN9.C21H20ClN9O/c1-16-4-3-5-18(12-16)35-15-28-22-23(27-14-21-29-19-7-6-17(26)13-20(19)30-21)31-25(32-24(22)35)34-10-8-33(2)9-11-34;1-15-3-2-4-17(11-15)34-14-28-21-22(31-24(32-23(21)34)33-9-7-26-8-10-33)27-13-20-29-18-6-5-16(25)12-19(18)30-20;22-13-1-2-15-16(9-13)27-17(26-15)10-24-19-18-20(31(12-25-18)14-3-8-32-11-14)29-21(28-19)30-6-4-23-5-7-30/h3-7,12-13,15H,8-11,14H2,1-2H3,(H,29,30)(H,27,31,32);2-6,11-12,14,26H,7-10,13H2,1H3,(H,29,30)(H,27,31,32);1-3,8-9,11-12,23H,4-7,10H2,(H,26,27)(H,24,28,29). The number of aryl methyl sites for hydroxylation is 2. The zero-order valence-electron chi connectivity index (χ0n) is 55.4. The minimum absolute atomic E-state index is 0.295. The lowest BCUT2D eigenvalue weighted by molar-refractivity contribution is 0.311. The Morgan fingerprint density at radius 3 is 1.27 bits per heavy atom. The van der Waals surface area contributed by atoms with Crippen molar-refractivity contribution in [2.24, 2.45) is 0 Å². The van der Waals surface area contributed by atoms with Crippen LogP contribution in [0.25, 0.3) is 83.7 Å². The largest absolute Gasteiger partial charge is 0.470 e. The zero-order chi connectivity index (χ0) is 68.5. The van der Waals surface area contributed by atoms with Crippen LogP contribution in [-0.4, -0.2) is 179 Å². The van der Waals surface area contributed by atoms with Gasteiger partial charge in [-0.25, -0.2) is 34.3 Å². The summed E-state index contributed by atoms with van der Waals surface area (Å²) in [6.07, 6.45) is 8.63. The molecular formula is C70H70Cl2FN27O. The number of aromatic amines is 3. The van der Waals surface area contributed by atoms with E-state index in [2.05, 4.69) is 142 Å². The molecule has 0 saturated carbocycles. The molecule has 15 aromatic rings. The molecule has 8 N–H and O–H groups in total. The fourth-order valence-corrected chi connectivity index (χ4v) is 12.9. The molecule has 28 nitrogen and oxygen atoms in total. The van der Waals surface area contributed by atoms with Crippen LogP contribution in [0.4, 0.5) is 39.7 Å². The van der Waals surface area contributed by atoms with Gasteiger partial charge in [-0.15, -0.1) is 0 Å². The van der Waals surface area contributed by atoms with Crippen molar-refractivity contribution in [3.63, 3.8) is 0 Å². The van der Waals surface area contributed by atoms with Gasteiger partial charge in [0.2, 0.25) is 17.8 Å². The molecule has 101 heavy (non-hydrogen) atoms. The number of halogens is 3. The van der Waals surface area contributed by atoms with Crippen molar-refractivity contribution in [2.75, 3.05) is 116 Å². The van der Waals surface area contributed by atoms with E-state index in [1.165, 1.54) is 17.7 Å². The van der Waals surface area contributed by atoms with Gasteiger partial charge in [0.15, 0.2) is 50.9 Å². The molecule has 5 aromatic carbocycles. The molecule has 3 aliphatic heterocycles. The van der Waals surface area contributed by atoms with Gasteiger partial charge in [-0.3, -0.25) is 13.7 Å². The Morgan fingerprint density at radius 2 is 0.851 bits per heavy atom. The summed E-state index contributed by atoms with van der Waals surface area (Å²) in [4.78, 5) is 75.7. The summed E-state index contributed by atoms with van der Waals surface area (Å²) >= 11 is 12.2. The molecular weight excluding hydrogens is 1320 g/mol. The summed E-state index contributed by atoms with van der Waals surface area (Å²) in [5.74, 6) is 6.00. The molecule has 10 aromatic heterocycles. The zero-order valence-corrected chi connectivity index (χ0v) is 56.9. The van der Waals surface area contributed by atoms with Crippen LogP contribution in [0.2, 0.25) is 10.0 Å². The second kappa shape index (κ2) is 28.1. The monoisotopic (exact) mass is 1390 g/mol. The number of nitrogens with one attached hydrogen (secondary N) is 8. The van der Waals surface area contributed by atoms with Crippen molar-refractivity contribution in [3.05, 3.63) is 185 Å². The van der Waals surface area contributed by atoms with Crippen LogP contribution in [-0.2, 0) is 19.6 Å². The van der Waals surface area contributed by atoms with Crippen LogP contribution in [0.3, 0.4) is 0 Å². The van der Waals surface area contributed by atoms with Crippen LogP contribution < -0.4 is 41.3 Å². The average Bonchev–Trinajstić information content (AvgIpc) is 1.67. The van der Waals surface area contributed by atoms with E-state index in [0.717, 1.165) is 157 Å². The molecule has 0 amide bonds. The number of H-pyrrole nitrogens is 3. The van der Waals surface area contributed by atoms with Crippen molar-refractivity contribution in [1.29, 1.82) is 0 Å². The number of furan rings is 1. The molecule has 31 heteroatoms. The highest BCUT2D eigenvalue weighted by molar-refractivity contribution is 6.31. The van der Waals surface area contributed by atoms with Gasteiger partial charge in [0.1, 0.15) is 48.5 Å². The first-order valence-electron chi connectivity index (χ1n) is 33.3. The third kappa shape index (κ3) is 13.9. The smallest absolute Gasteiger partial charge is 0.229 e. The number of benzene rings is 5. The molecule has 0 aliphatic carbocycles. The SMILES string of the molecule is Cc1cccc(-n2cnc3c(NCc4nc5ccc(Cl)cc5[nH]4)nc(N4CCNCC4)nc32)c1.Cc1cccc(-n2cnc3c(NCc4nc5ccc(F)cc5[nH]4)nc(N4CCN(C)CC4)nc32)c1.Clc1ccc2nc(CNc3nc(N4CCNCC4)nc4c3ncn4-c3ccoc3)[nH]c2c1. The normalized spacial score (nSPS) is 14.5. The fourth-order valence-electron chi connectivity index (χ4n) is 12.6. The summed E-state index contributed by atoms with van der Waals surface area (Å²) < 4.78 is 24.8. The van der Waals surface area contributed by atoms with E-state index in [9.17, 15) is 4.39 Å². The first kappa shape index (κ1) is 64.3. The van der Waals surface area contributed by atoms with Gasteiger partial charge in [-0.05, 0) is 111 Å². The number of rotatable bonds is 15. The summed E-state index contributed by atoms with van der Waals surface area (Å²) in [5.41, 5.74) is 14.5. The van der Waals surface area contributed by atoms with E-state index in [4.69, 9.17) is 57.5 Å². The lowest BCUT2D eigenvalue weighted by Gasteiger charge is -2.32. The first-order valence-corrected chi connectivity index (χ1v) is 34.1. The van der Waals surface area contributed by atoms with Crippen molar-refractivity contribution in [2.45, 2.75) is 33.5 Å². The third-order valence-electron chi connectivity index (χ3n) is 17.8. The maximum absolute atomic E-state index is 13.6. The van der Waals surface area contributed by atoms with Crippen LogP contribution in [0.5, 0.6) is 0 Å². The molecule has 0 atom stereocenters. The highest BCUT2D eigenvalue weighted by atomic mass is 35.5. The lowest BCUT2D eigenvalue weighted by Crippen LogP contribution is -2.45. The van der Waals surface area contributed by atoms with Gasteiger partial charge in [-0.1, -0.05) is 47.5 Å². The van der Waals surface area contributed by atoms with Gasteiger partial charge in [0, 0.05) is 106 Å². The quantitative estimate of drug-likeness (QED) is 0.0473. The highest BCUT2D eigenvalue weighted by Gasteiger charge is 2.25. The fraction of sp³-hybridized carbons (Fsp3) is 0.257. The minimum atomic E-state index is -0.295. The Kier molecular flexibility index (Phi) is 17.9. The van der Waals surface area contributed by atoms with Crippen LogP contribution >= 0.6 is 23.2 Å². The van der Waals surface area contributed by atoms with Gasteiger partial charge in [0.05, 0.1) is 64.7 Å². The summed E-state index contributed by atoms with van der Waals surface area (Å²) in [5, 5.41) is 18.3. The number of piperazine rings is 3. The Bertz CT molecular complexity index is 5450. The van der Waals surface area contributed by atoms with Crippen LogP contribution in [0, 0.1) is 19.7 Å². The number of hydrogen-bond acceptors (Lipinski definition) is 22. The lowest BCUT2D eigenvalue weighted by atomic mass is 10.2. The van der Waals surface area contributed by atoms with Crippen molar-refractivity contribution >= 4 is 125 Å². The second-order valence-electron chi connectivity index (χ2n) is 25.0. The predicted octanol–water partition coefficient (Wildman–Crippen LogP) is 10.1. The number of likely N-dealkylation sites (N-methyl/N-ethyl adjacent to an activating group) is 1. The minimum Gasteiger partial charge on any atom is -0.470 e. The van der Waals surface area contributed by atoms with Crippen molar-refractivity contribution in [3.8, 4) is 17.1 Å². The van der Waals surface area contributed by atoms with E-state index in [1.54, 1.807) is 31.2 Å².